The molecule has 0 radical (unpaired) electrons. The molecular weight excluding hydrogens is 452 g/mol. The number of benzene rings is 2. The molecule has 1 aliphatic rings. The minimum absolute atomic E-state index is 0.0905. The Kier molecular flexibility index (Phi) is 7.03. The maximum atomic E-state index is 14.7. The maximum absolute atomic E-state index is 14.7. The Morgan fingerprint density at radius 1 is 1.09 bits per heavy atom. The summed E-state index contributed by atoms with van der Waals surface area (Å²) in [4.78, 5) is 28.7. The molecule has 34 heavy (non-hydrogen) atoms. The molecule has 0 spiro atoms. The molecule has 1 heterocycles. The quantitative estimate of drug-likeness (QED) is 0.475. The van der Waals surface area contributed by atoms with Crippen LogP contribution in [0.2, 0.25) is 0 Å². The molecule has 1 saturated heterocycles. The molecular formula is C25H24F4N2O3. The standard InChI is InChI=1S/C25H24F4N2O3/c1-5-16-8-11-20(19(26)12-16)31-14-22(32)30(21(23(31)33)15-34-24(2,3)4)13-17-6-9-18(10-7-17)25(27,28)29/h1,6-12,21H,13-15H2,2-4H3/t21-/m0/s1. The molecule has 2 aromatic carbocycles. The Labute approximate surface area is 195 Å². The maximum Gasteiger partial charge on any atom is 0.416 e. The lowest BCUT2D eigenvalue weighted by Crippen LogP contribution is -2.61. The van der Waals surface area contributed by atoms with E-state index in [-0.39, 0.29) is 24.4 Å². The number of amides is 2. The van der Waals surface area contributed by atoms with E-state index in [1.807, 2.05) is 0 Å². The summed E-state index contributed by atoms with van der Waals surface area (Å²) in [6, 6.07) is 7.15. The fraction of sp³-hybridized carbons (Fsp3) is 0.360. The molecule has 0 N–H and O–H groups in total. The SMILES string of the molecule is C#Cc1ccc(N2CC(=O)N(Cc3ccc(C(F)(F)F)cc3)[C@@H](COC(C)(C)C)C2=O)c(F)c1. The van der Waals surface area contributed by atoms with E-state index in [0.29, 0.717) is 5.56 Å². The third-order valence-corrected chi connectivity index (χ3v) is 5.25. The van der Waals surface area contributed by atoms with E-state index < -0.39 is 47.6 Å². The molecule has 5 nitrogen and oxygen atoms in total. The molecule has 0 bridgehead atoms. The normalized spacial score (nSPS) is 17.2. The number of alkyl halides is 3. The van der Waals surface area contributed by atoms with Crippen molar-refractivity contribution in [3.8, 4) is 12.3 Å². The van der Waals surface area contributed by atoms with Gasteiger partial charge in [0.15, 0.2) is 0 Å². The molecule has 0 aromatic heterocycles. The fourth-order valence-corrected chi connectivity index (χ4v) is 3.49. The predicted octanol–water partition coefficient (Wildman–Crippen LogP) is 4.38. The Morgan fingerprint density at radius 2 is 1.74 bits per heavy atom. The zero-order chi connectivity index (χ0) is 25.3. The first kappa shape index (κ1) is 25.2. The number of hydrogen-bond acceptors (Lipinski definition) is 3. The van der Waals surface area contributed by atoms with Crippen molar-refractivity contribution >= 4 is 17.5 Å². The second-order valence-electron chi connectivity index (χ2n) is 8.89. The fourth-order valence-electron chi connectivity index (χ4n) is 3.49. The van der Waals surface area contributed by atoms with Gasteiger partial charge in [-0.25, -0.2) is 4.39 Å². The van der Waals surface area contributed by atoms with Gasteiger partial charge in [-0.2, -0.15) is 13.2 Å². The summed E-state index contributed by atoms with van der Waals surface area (Å²) in [5.74, 6) is 0.491. The van der Waals surface area contributed by atoms with Crippen molar-refractivity contribution in [2.24, 2.45) is 0 Å². The van der Waals surface area contributed by atoms with Crippen LogP contribution in [0, 0.1) is 18.2 Å². The highest BCUT2D eigenvalue weighted by atomic mass is 19.4. The molecule has 1 atom stereocenters. The first-order valence-corrected chi connectivity index (χ1v) is 10.5. The molecule has 180 valence electrons. The number of carbonyl (C=O) groups excluding carboxylic acids is 2. The molecule has 0 aliphatic carbocycles. The molecule has 0 saturated carbocycles. The highest BCUT2D eigenvalue weighted by Crippen LogP contribution is 2.30. The molecule has 9 heteroatoms. The minimum Gasteiger partial charge on any atom is -0.373 e. The molecule has 2 aromatic rings. The van der Waals surface area contributed by atoms with Crippen molar-refractivity contribution in [3.05, 3.63) is 65.0 Å². The zero-order valence-electron chi connectivity index (χ0n) is 18.9. The minimum atomic E-state index is -4.49. The number of anilines is 1. The third kappa shape index (κ3) is 5.75. The Morgan fingerprint density at radius 3 is 2.26 bits per heavy atom. The smallest absolute Gasteiger partial charge is 0.373 e. The molecule has 3 rings (SSSR count). The van der Waals surface area contributed by atoms with Crippen molar-refractivity contribution in [2.75, 3.05) is 18.1 Å². The van der Waals surface area contributed by atoms with E-state index in [9.17, 15) is 27.2 Å². The first-order chi connectivity index (χ1) is 15.8. The Hall–Kier alpha value is -3.38. The summed E-state index contributed by atoms with van der Waals surface area (Å²) in [5, 5.41) is 0. The number of rotatable bonds is 5. The van der Waals surface area contributed by atoms with Crippen molar-refractivity contribution in [3.63, 3.8) is 0 Å². The van der Waals surface area contributed by atoms with Gasteiger partial charge in [0.2, 0.25) is 5.91 Å². The van der Waals surface area contributed by atoms with Crippen molar-refractivity contribution in [1.82, 2.24) is 4.90 Å². The summed E-state index contributed by atoms with van der Waals surface area (Å²) < 4.78 is 59.1. The van der Waals surface area contributed by atoms with E-state index in [1.165, 1.54) is 29.2 Å². The Bertz CT molecular complexity index is 1110. The van der Waals surface area contributed by atoms with Crippen LogP contribution < -0.4 is 4.90 Å². The first-order valence-electron chi connectivity index (χ1n) is 10.5. The van der Waals surface area contributed by atoms with Crippen LogP contribution in [0.25, 0.3) is 0 Å². The lowest BCUT2D eigenvalue weighted by molar-refractivity contribution is -0.148. The van der Waals surface area contributed by atoms with Gasteiger partial charge in [-0.3, -0.25) is 14.5 Å². The van der Waals surface area contributed by atoms with Crippen molar-refractivity contribution < 1.29 is 31.9 Å². The van der Waals surface area contributed by atoms with Crippen molar-refractivity contribution in [1.29, 1.82) is 0 Å². The van der Waals surface area contributed by atoms with Gasteiger partial charge in [-0.05, 0) is 56.7 Å². The van der Waals surface area contributed by atoms with Gasteiger partial charge in [0.1, 0.15) is 18.4 Å². The second-order valence-corrected chi connectivity index (χ2v) is 8.89. The largest absolute Gasteiger partial charge is 0.416 e. The average Bonchev–Trinajstić information content (AvgIpc) is 2.75. The molecule has 1 fully saturated rings. The van der Waals surface area contributed by atoms with Gasteiger partial charge in [0.25, 0.3) is 5.91 Å². The summed E-state index contributed by atoms with van der Waals surface area (Å²) in [7, 11) is 0. The topological polar surface area (TPSA) is 49.9 Å². The molecule has 2 amide bonds. The van der Waals surface area contributed by atoms with Crippen LogP contribution in [-0.2, 0) is 27.0 Å². The van der Waals surface area contributed by atoms with Gasteiger partial charge < -0.3 is 9.64 Å². The second kappa shape index (κ2) is 9.47. The van der Waals surface area contributed by atoms with Crippen LogP contribution in [0.15, 0.2) is 42.5 Å². The van der Waals surface area contributed by atoms with Gasteiger partial charge in [0.05, 0.1) is 23.5 Å². The monoisotopic (exact) mass is 476 g/mol. The number of carbonyl (C=O) groups is 2. The van der Waals surface area contributed by atoms with Crippen LogP contribution in [0.4, 0.5) is 23.2 Å². The van der Waals surface area contributed by atoms with E-state index in [4.69, 9.17) is 11.2 Å². The number of hydrogen-bond donors (Lipinski definition) is 0. The van der Waals surface area contributed by atoms with E-state index in [1.54, 1.807) is 20.8 Å². The van der Waals surface area contributed by atoms with Gasteiger partial charge in [-0.15, -0.1) is 6.42 Å². The third-order valence-electron chi connectivity index (χ3n) is 5.25. The van der Waals surface area contributed by atoms with E-state index in [2.05, 4.69) is 5.92 Å². The summed E-state index contributed by atoms with van der Waals surface area (Å²) >= 11 is 0. The van der Waals surface area contributed by atoms with Crippen LogP contribution >= 0.6 is 0 Å². The van der Waals surface area contributed by atoms with E-state index in [0.717, 1.165) is 23.1 Å². The van der Waals surface area contributed by atoms with Crippen molar-refractivity contribution in [2.45, 2.75) is 45.1 Å². The lowest BCUT2D eigenvalue weighted by atomic mass is 10.1. The molecule has 1 aliphatic heterocycles. The summed E-state index contributed by atoms with van der Waals surface area (Å²) in [6.45, 7) is 4.62. The highest BCUT2D eigenvalue weighted by Gasteiger charge is 2.41. The van der Waals surface area contributed by atoms with Gasteiger partial charge >= 0.3 is 6.18 Å². The molecule has 0 unspecified atom stereocenters. The van der Waals surface area contributed by atoms with Crippen LogP contribution in [0.5, 0.6) is 0 Å². The lowest BCUT2D eigenvalue weighted by Gasteiger charge is -2.41. The van der Waals surface area contributed by atoms with E-state index >= 15 is 0 Å². The number of piperazine rings is 1. The van der Waals surface area contributed by atoms with Crippen LogP contribution in [0.1, 0.15) is 37.5 Å². The Balaban J connectivity index is 1.91. The van der Waals surface area contributed by atoms with Gasteiger partial charge in [0, 0.05) is 12.1 Å². The number of halogens is 4. The average molecular weight is 476 g/mol. The van der Waals surface area contributed by atoms with Crippen LogP contribution in [-0.4, -0.2) is 41.5 Å². The highest BCUT2D eigenvalue weighted by molar-refractivity contribution is 6.06. The number of ether oxygens (including phenoxy) is 1. The van der Waals surface area contributed by atoms with Crippen LogP contribution in [0.3, 0.4) is 0 Å². The summed E-state index contributed by atoms with van der Waals surface area (Å²) in [5.41, 5.74) is -0.846. The zero-order valence-corrected chi connectivity index (χ0v) is 18.9. The summed E-state index contributed by atoms with van der Waals surface area (Å²) in [6.07, 6.45) is 0.799. The predicted molar refractivity (Wildman–Crippen MR) is 118 cm³/mol. The number of nitrogens with zero attached hydrogens (tertiary/aromatic N) is 2. The van der Waals surface area contributed by atoms with Gasteiger partial charge in [-0.1, -0.05) is 18.1 Å². The number of terminal acetylenes is 1.